The first-order valence-electron chi connectivity index (χ1n) is 9.03. The van der Waals surface area contributed by atoms with Crippen molar-refractivity contribution in [2.24, 2.45) is 5.92 Å². The highest BCUT2D eigenvalue weighted by atomic mass is 19.1. The number of nitrogens with one attached hydrogen (secondary N) is 4. The molecule has 4 rings (SSSR count). The van der Waals surface area contributed by atoms with Gasteiger partial charge in [-0.05, 0) is 36.0 Å². The molecular weight excluding hydrogens is 347 g/mol. The molecule has 1 aliphatic carbocycles. The highest BCUT2D eigenvalue weighted by molar-refractivity contribution is 5.88. The average molecular weight is 368 g/mol. The molecule has 2 aliphatic rings. The molecule has 1 saturated carbocycles. The van der Waals surface area contributed by atoms with Crippen molar-refractivity contribution in [2.75, 3.05) is 0 Å². The maximum Gasteiger partial charge on any atom is 0.256 e. The predicted molar refractivity (Wildman–Crippen MR) is 97.4 cm³/mol. The Morgan fingerprint density at radius 1 is 0.889 bits per heavy atom. The van der Waals surface area contributed by atoms with Gasteiger partial charge in [-0.15, -0.1) is 0 Å². The van der Waals surface area contributed by atoms with Gasteiger partial charge in [0.15, 0.2) is 0 Å². The minimum atomic E-state index is -0.447. The number of amides is 2. The number of hydrogen-bond donors (Lipinski definition) is 4. The maximum atomic E-state index is 13.8. The van der Waals surface area contributed by atoms with Crippen LogP contribution in [0.1, 0.15) is 35.9 Å². The predicted octanol–water partition coefficient (Wildman–Crippen LogP) is 1.68. The largest absolute Gasteiger partial charge is 0.273 e. The minimum absolute atomic E-state index is 0.0338. The normalized spacial score (nSPS) is 26.4. The molecule has 2 aromatic rings. The van der Waals surface area contributed by atoms with Crippen LogP contribution in [0.25, 0.3) is 0 Å². The van der Waals surface area contributed by atoms with Gasteiger partial charge >= 0.3 is 0 Å². The molecule has 2 aromatic carbocycles. The summed E-state index contributed by atoms with van der Waals surface area (Å²) < 4.78 is 13.8. The molecule has 4 unspecified atom stereocenters. The van der Waals surface area contributed by atoms with Gasteiger partial charge in [-0.1, -0.05) is 48.5 Å². The van der Waals surface area contributed by atoms with Crippen LogP contribution >= 0.6 is 0 Å². The van der Waals surface area contributed by atoms with Crippen LogP contribution in [0, 0.1) is 11.7 Å². The van der Waals surface area contributed by atoms with Crippen LogP contribution in [0.3, 0.4) is 0 Å². The van der Waals surface area contributed by atoms with Crippen LogP contribution in [-0.4, -0.2) is 17.9 Å². The van der Waals surface area contributed by atoms with Gasteiger partial charge in [0.2, 0.25) is 5.91 Å². The second-order valence-electron chi connectivity index (χ2n) is 6.99. The van der Waals surface area contributed by atoms with Crippen LogP contribution in [0.2, 0.25) is 0 Å². The van der Waals surface area contributed by atoms with Gasteiger partial charge in [0.25, 0.3) is 5.91 Å². The highest BCUT2D eigenvalue weighted by Crippen LogP contribution is 2.48. The molecule has 1 heterocycles. The summed E-state index contributed by atoms with van der Waals surface area (Å²) in [5.41, 5.74) is 12.6. The van der Waals surface area contributed by atoms with E-state index in [1.807, 2.05) is 30.3 Å². The Bertz CT molecular complexity index is 845. The van der Waals surface area contributed by atoms with Crippen LogP contribution in [0.4, 0.5) is 4.39 Å². The number of benzene rings is 2. The SMILES string of the molecule is O=C(NNC(=O)C1CC1c1ccccc1F)C1CC(c2ccccc2)NN1. The Balaban J connectivity index is 1.25. The summed E-state index contributed by atoms with van der Waals surface area (Å²) in [5, 5.41) is 0. The molecule has 1 saturated heterocycles. The van der Waals surface area contributed by atoms with Gasteiger partial charge in [-0.2, -0.15) is 0 Å². The van der Waals surface area contributed by atoms with Crippen molar-refractivity contribution in [2.45, 2.75) is 30.8 Å². The molecule has 0 bridgehead atoms. The van der Waals surface area contributed by atoms with E-state index in [-0.39, 0.29) is 35.5 Å². The first-order chi connectivity index (χ1) is 13.1. The Kier molecular flexibility index (Phi) is 4.87. The standard InChI is InChI=1S/C20H21FN4O2/c21-16-9-5-4-8-13(16)14-10-15(14)19(26)24-25-20(27)18-11-17(22-23-18)12-6-2-1-3-7-12/h1-9,14-15,17-18,22-23H,10-11H2,(H,24,26)(H,25,27). The van der Waals surface area contributed by atoms with Crippen LogP contribution in [0.15, 0.2) is 54.6 Å². The molecule has 4 atom stereocenters. The van der Waals surface area contributed by atoms with E-state index < -0.39 is 6.04 Å². The first-order valence-corrected chi connectivity index (χ1v) is 9.03. The smallest absolute Gasteiger partial charge is 0.256 e. The molecule has 4 N–H and O–H groups in total. The van der Waals surface area contributed by atoms with Gasteiger partial charge in [0.1, 0.15) is 11.9 Å². The van der Waals surface area contributed by atoms with Crippen LogP contribution < -0.4 is 21.7 Å². The number of carbonyl (C=O) groups excluding carboxylic acids is 2. The van der Waals surface area contributed by atoms with Gasteiger partial charge in [-0.3, -0.25) is 20.4 Å². The average Bonchev–Trinajstić information content (AvgIpc) is 3.33. The second kappa shape index (κ2) is 7.46. The number of halogens is 1. The molecule has 140 valence electrons. The number of hydrogen-bond acceptors (Lipinski definition) is 4. The quantitative estimate of drug-likeness (QED) is 0.619. The van der Waals surface area contributed by atoms with E-state index in [2.05, 4.69) is 21.7 Å². The molecule has 0 radical (unpaired) electrons. The molecule has 2 amide bonds. The minimum Gasteiger partial charge on any atom is -0.273 e. The Labute approximate surface area is 156 Å². The van der Waals surface area contributed by atoms with E-state index >= 15 is 0 Å². The third kappa shape index (κ3) is 3.84. The lowest BCUT2D eigenvalue weighted by Crippen LogP contribution is -2.50. The van der Waals surface area contributed by atoms with Gasteiger partial charge in [0, 0.05) is 12.0 Å². The molecule has 1 aliphatic heterocycles. The van der Waals surface area contributed by atoms with Crippen molar-refractivity contribution in [3.8, 4) is 0 Å². The summed E-state index contributed by atoms with van der Waals surface area (Å²) in [6.45, 7) is 0. The molecular formula is C20H21FN4O2. The topological polar surface area (TPSA) is 82.3 Å². The van der Waals surface area contributed by atoms with E-state index in [1.165, 1.54) is 6.07 Å². The lowest BCUT2D eigenvalue weighted by Gasteiger charge is -2.12. The number of carbonyl (C=O) groups is 2. The van der Waals surface area contributed by atoms with Crippen LogP contribution in [0.5, 0.6) is 0 Å². The Morgan fingerprint density at radius 3 is 2.37 bits per heavy atom. The molecule has 2 fully saturated rings. The lowest BCUT2D eigenvalue weighted by molar-refractivity contribution is -0.130. The van der Waals surface area contributed by atoms with Crippen molar-refractivity contribution in [3.63, 3.8) is 0 Å². The molecule has 7 heteroatoms. The maximum absolute atomic E-state index is 13.8. The van der Waals surface area contributed by atoms with Gasteiger partial charge < -0.3 is 0 Å². The highest BCUT2D eigenvalue weighted by Gasteiger charge is 2.45. The molecule has 6 nitrogen and oxygen atoms in total. The fraction of sp³-hybridized carbons (Fsp3) is 0.300. The first kappa shape index (κ1) is 17.6. The molecule has 0 spiro atoms. The number of rotatable bonds is 4. The molecule has 27 heavy (non-hydrogen) atoms. The van der Waals surface area contributed by atoms with Gasteiger partial charge in [-0.25, -0.2) is 15.2 Å². The van der Waals surface area contributed by atoms with E-state index in [0.29, 0.717) is 18.4 Å². The third-order valence-corrected chi connectivity index (χ3v) is 5.16. The molecule has 0 aromatic heterocycles. The summed E-state index contributed by atoms with van der Waals surface area (Å²) in [6, 6.07) is 15.9. The van der Waals surface area contributed by atoms with Crippen molar-refractivity contribution < 1.29 is 14.0 Å². The van der Waals surface area contributed by atoms with E-state index in [9.17, 15) is 14.0 Å². The van der Waals surface area contributed by atoms with Crippen molar-refractivity contribution in [1.29, 1.82) is 0 Å². The van der Waals surface area contributed by atoms with E-state index in [4.69, 9.17) is 0 Å². The summed E-state index contributed by atoms with van der Waals surface area (Å²) >= 11 is 0. The van der Waals surface area contributed by atoms with Crippen molar-refractivity contribution >= 4 is 11.8 Å². The lowest BCUT2D eigenvalue weighted by atomic mass is 10.0. The second-order valence-corrected chi connectivity index (χ2v) is 6.99. The summed E-state index contributed by atoms with van der Waals surface area (Å²) in [6.07, 6.45) is 1.16. The van der Waals surface area contributed by atoms with Crippen molar-refractivity contribution in [3.05, 3.63) is 71.5 Å². The van der Waals surface area contributed by atoms with Crippen molar-refractivity contribution in [1.82, 2.24) is 21.7 Å². The zero-order chi connectivity index (χ0) is 18.8. The summed E-state index contributed by atoms with van der Waals surface area (Å²) in [5.74, 6) is -1.33. The monoisotopic (exact) mass is 368 g/mol. The van der Waals surface area contributed by atoms with Crippen LogP contribution in [-0.2, 0) is 9.59 Å². The summed E-state index contributed by atoms with van der Waals surface area (Å²) in [4.78, 5) is 24.5. The number of hydrazine groups is 2. The Hall–Kier alpha value is -2.77. The summed E-state index contributed by atoms with van der Waals surface area (Å²) in [7, 11) is 0. The fourth-order valence-electron chi connectivity index (χ4n) is 3.54. The zero-order valence-electron chi connectivity index (χ0n) is 14.6. The van der Waals surface area contributed by atoms with Gasteiger partial charge in [0.05, 0.1) is 0 Å². The fourth-order valence-corrected chi connectivity index (χ4v) is 3.54. The van der Waals surface area contributed by atoms with E-state index in [0.717, 1.165) is 5.56 Å². The van der Waals surface area contributed by atoms with E-state index in [1.54, 1.807) is 18.2 Å². The zero-order valence-corrected chi connectivity index (χ0v) is 14.6. The third-order valence-electron chi connectivity index (χ3n) is 5.16. The Morgan fingerprint density at radius 2 is 1.59 bits per heavy atom.